The van der Waals surface area contributed by atoms with Gasteiger partial charge in [-0.25, -0.2) is 0 Å². The molecule has 0 amide bonds. The molecule has 0 aliphatic heterocycles. The van der Waals surface area contributed by atoms with Crippen LogP contribution in [0.3, 0.4) is 0 Å². The Morgan fingerprint density at radius 1 is 0.774 bits per heavy atom. The van der Waals surface area contributed by atoms with Crippen molar-refractivity contribution in [3.05, 3.63) is 101 Å². The van der Waals surface area contributed by atoms with Gasteiger partial charge in [-0.05, 0) is 56.1 Å². The van der Waals surface area contributed by atoms with Gasteiger partial charge < -0.3 is 4.98 Å². The van der Waals surface area contributed by atoms with Crippen molar-refractivity contribution in [3.63, 3.8) is 0 Å². The number of benzene rings is 4. The van der Waals surface area contributed by atoms with E-state index in [1.54, 1.807) is 12.4 Å². The summed E-state index contributed by atoms with van der Waals surface area (Å²) in [5.41, 5.74) is 2.73. The van der Waals surface area contributed by atoms with Gasteiger partial charge in [0.25, 0.3) is 5.56 Å². The smallest absolute Gasteiger partial charge is 0.266 e. The summed E-state index contributed by atoms with van der Waals surface area (Å²) in [5.74, 6) is 0. The van der Waals surface area contributed by atoms with Gasteiger partial charge in [0.2, 0.25) is 0 Å². The Bertz CT molecular complexity index is 1690. The quantitative estimate of drug-likeness (QED) is 0.371. The zero-order valence-electron chi connectivity index (χ0n) is 16.4. The zero-order chi connectivity index (χ0) is 20.9. The maximum absolute atomic E-state index is 12.8. The Kier molecular flexibility index (Phi) is 3.65. The summed E-state index contributed by atoms with van der Waals surface area (Å²) >= 11 is 0. The number of H-pyrrole nitrogens is 1. The molecule has 4 heteroatoms. The largest absolute Gasteiger partial charge is 0.321 e. The van der Waals surface area contributed by atoms with Crippen LogP contribution in [-0.2, 0) is 0 Å². The van der Waals surface area contributed by atoms with Crippen LogP contribution >= 0.6 is 0 Å². The van der Waals surface area contributed by atoms with Gasteiger partial charge in [0.05, 0.1) is 0 Å². The van der Waals surface area contributed by atoms with E-state index in [1.165, 1.54) is 21.5 Å². The lowest BCUT2D eigenvalue weighted by molar-refractivity contribution is 1.22. The first kappa shape index (κ1) is 17.4. The van der Waals surface area contributed by atoms with E-state index in [4.69, 9.17) is 0 Å². The van der Waals surface area contributed by atoms with Crippen LogP contribution in [0.15, 0.2) is 90.0 Å². The number of hydrogen-bond donors (Lipinski definition) is 1. The average Bonchev–Trinajstić information content (AvgIpc) is 2.82. The summed E-state index contributed by atoms with van der Waals surface area (Å²) in [6.07, 6.45) is 3.32. The maximum atomic E-state index is 12.8. The van der Waals surface area contributed by atoms with E-state index in [1.807, 2.05) is 24.3 Å². The van der Waals surface area contributed by atoms with Crippen molar-refractivity contribution in [2.75, 3.05) is 0 Å². The molecule has 1 N–H and O–H groups in total. The molecule has 0 saturated carbocycles. The number of nitriles is 1. The van der Waals surface area contributed by atoms with Crippen LogP contribution in [0.5, 0.6) is 0 Å². The van der Waals surface area contributed by atoms with Crippen LogP contribution in [-0.4, -0.2) is 9.97 Å². The highest BCUT2D eigenvalue weighted by molar-refractivity contribution is 6.25. The van der Waals surface area contributed by atoms with E-state index in [9.17, 15) is 10.1 Å². The molecule has 4 nitrogen and oxygen atoms in total. The Morgan fingerprint density at radius 2 is 1.45 bits per heavy atom. The Balaban J connectivity index is 1.71. The van der Waals surface area contributed by atoms with E-state index in [2.05, 4.69) is 64.6 Å². The van der Waals surface area contributed by atoms with E-state index in [-0.39, 0.29) is 5.56 Å². The van der Waals surface area contributed by atoms with Crippen molar-refractivity contribution in [2.24, 2.45) is 0 Å². The molecule has 6 rings (SSSR count). The minimum Gasteiger partial charge on any atom is -0.321 e. The lowest BCUT2D eigenvalue weighted by Gasteiger charge is -2.15. The summed E-state index contributed by atoms with van der Waals surface area (Å²) in [4.78, 5) is 19.8. The number of nitrogens with one attached hydrogen (secondary N) is 1. The van der Waals surface area contributed by atoms with Gasteiger partial charge in [-0.1, -0.05) is 54.6 Å². The summed E-state index contributed by atoms with van der Waals surface area (Å²) in [7, 11) is 0. The third kappa shape index (κ3) is 2.54. The van der Waals surface area contributed by atoms with Gasteiger partial charge in [-0.2, -0.15) is 5.26 Å². The molecule has 2 heterocycles. The summed E-state index contributed by atoms with van der Waals surface area (Å²) in [5, 5.41) is 16.6. The number of nitrogens with zero attached hydrogens (tertiary/aromatic N) is 2. The predicted molar refractivity (Wildman–Crippen MR) is 124 cm³/mol. The number of pyridine rings is 2. The Hall–Kier alpha value is -4.49. The van der Waals surface area contributed by atoms with Crippen LogP contribution < -0.4 is 5.56 Å². The molecule has 6 aromatic rings. The zero-order valence-corrected chi connectivity index (χ0v) is 16.4. The molecular weight excluding hydrogens is 382 g/mol. The van der Waals surface area contributed by atoms with Crippen molar-refractivity contribution in [1.82, 2.24) is 9.97 Å². The Morgan fingerprint density at radius 3 is 2.19 bits per heavy atom. The standard InChI is InChI=1S/C27H15N3O/c28-15-23-22(16-10-12-29-13-11-16)14-24(30-27(23)31)20-8-6-19-5-4-17-2-1-3-18-7-9-21(20)26(19)25(17)18/h1-14H,(H,30,31). The molecule has 0 bridgehead atoms. The van der Waals surface area contributed by atoms with E-state index in [0.29, 0.717) is 11.3 Å². The van der Waals surface area contributed by atoms with Crippen molar-refractivity contribution in [3.8, 4) is 28.5 Å². The van der Waals surface area contributed by atoms with Crippen molar-refractivity contribution in [2.45, 2.75) is 0 Å². The number of aromatic nitrogens is 2. The minimum atomic E-state index is -0.391. The van der Waals surface area contributed by atoms with Crippen molar-refractivity contribution >= 4 is 32.3 Å². The fourth-order valence-corrected chi connectivity index (χ4v) is 4.55. The van der Waals surface area contributed by atoms with Crippen molar-refractivity contribution in [1.29, 1.82) is 5.26 Å². The fourth-order valence-electron chi connectivity index (χ4n) is 4.55. The molecule has 0 spiro atoms. The molecule has 0 atom stereocenters. The molecule has 0 aliphatic rings. The second-order valence-electron chi connectivity index (χ2n) is 7.62. The minimum absolute atomic E-state index is 0.104. The van der Waals surface area contributed by atoms with E-state index >= 15 is 0 Å². The monoisotopic (exact) mass is 397 g/mol. The summed E-state index contributed by atoms with van der Waals surface area (Å²) < 4.78 is 0. The first-order chi connectivity index (χ1) is 15.2. The fraction of sp³-hybridized carbons (Fsp3) is 0. The third-order valence-corrected chi connectivity index (χ3v) is 5.96. The van der Waals surface area contributed by atoms with Gasteiger partial charge in [-0.3, -0.25) is 9.78 Å². The molecule has 2 aromatic heterocycles. The SMILES string of the molecule is N#Cc1c(-c2ccncc2)cc(-c2ccc3ccc4cccc5ccc2c3c45)[nH]c1=O. The average molecular weight is 397 g/mol. The molecule has 0 aliphatic carbocycles. The first-order valence-electron chi connectivity index (χ1n) is 9.99. The lowest BCUT2D eigenvalue weighted by Crippen LogP contribution is -2.12. The topological polar surface area (TPSA) is 69.5 Å². The highest BCUT2D eigenvalue weighted by atomic mass is 16.1. The normalized spacial score (nSPS) is 11.3. The van der Waals surface area contributed by atoms with E-state index < -0.39 is 5.56 Å². The highest BCUT2D eigenvalue weighted by Gasteiger charge is 2.16. The number of rotatable bonds is 2. The van der Waals surface area contributed by atoms with Gasteiger partial charge in [0, 0.05) is 29.2 Å². The molecule has 0 unspecified atom stereocenters. The molecule has 0 saturated heterocycles. The summed E-state index contributed by atoms with van der Waals surface area (Å²) in [6, 6.07) is 26.5. The highest BCUT2D eigenvalue weighted by Crippen LogP contribution is 2.39. The van der Waals surface area contributed by atoms with E-state index in [0.717, 1.165) is 21.9 Å². The molecule has 4 aromatic carbocycles. The number of aromatic amines is 1. The second-order valence-corrected chi connectivity index (χ2v) is 7.62. The Labute approximate surface area is 177 Å². The molecule has 0 fully saturated rings. The molecule has 0 radical (unpaired) electrons. The van der Waals surface area contributed by atoms with Crippen LogP contribution in [0.4, 0.5) is 0 Å². The van der Waals surface area contributed by atoms with Crippen molar-refractivity contribution < 1.29 is 0 Å². The lowest BCUT2D eigenvalue weighted by atomic mass is 9.90. The molecular formula is C27H15N3O. The van der Waals surface area contributed by atoms with Crippen LogP contribution in [0.1, 0.15) is 5.56 Å². The van der Waals surface area contributed by atoms with Crippen LogP contribution in [0.2, 0.25) is 0 Å². The van der Waals surface area contributed by atoms with Crippen LogP contribution in [0, 0.1) is 11.3 Å². The molecule has 31 heavy (non-hydrogen) atoms. The third-order valence-electron chi connectivity index (χ3n) is 5.96. The van der Waals surface area contributed by atoms with Gasteiger partial charge in [0.1, 0.15) is 11.6 Å². The maximum Gasteiger partial charge on any atom is 0.266 e. The summed E-state index contributed by atoms with van der Waals surface area (Å²) in [6.45, 7) is 0. The number of hydrogen-bond acceptors (Lipinski definition) is 3. The molecule has 144 valence electrons. The predicted octanol–water partition coefficient (Wildman–Crippen LogP) is 5.87. The second kappa shape index (κ2) is 6.51. The van der Waals surface area contributed by atoms with Crippen LogP contribution in [0.25, 0.3) is 54.7 Å². The first-order valence-corrected chi connectivity index (χ1v) is 9.99. The van der Waals surface area contributed by atoms with Gasteiger partial charge in [0.15, 0.2) is 0 Å². The van der Waals surface area contributed by atoms with Gasteiger partial charge in [-0.15, -0.1) is 0 Å². The van der Waals surface area contributed by atoms with Gasteiger partial charge >= 0.3 is 0 Å².